The molecule has 0 saturated heterocycles. The Morgan fingerprint density at radius 3 is 2.32 bits per heavy atom. The van der Waals surface area contributed by atoms with E-state index in [1.54, 1.807) is 18.2 Å². The standard InChI is InChI=1S/C28H35NO5/c1-17(2)21-12-10-19(4)15-25(21)34-28(32)23-9-7-6-8-22(23)27(31)33-16-26(30)29-24-13-11-18(3)14-20(24)5/h6-9,11,13-14,17,19,21,25H,10,12,15-16H2,1-5H3,(H,29,30)/t19-,21-,25-/m1/s1. The monoisotopic (exact) mass is 465 g/mol. The molecule has 1 aliphatic rings. The summed E-state index contributed by atoms with van der Waals surface area (Å²) in [6.45, 7) is 9.89. The van der Waals surface area contributed by atoms with Crippen molar-refractivity contribution in [3.63, 3.8) is 0 Å². The van der Waals surface area contributed by atoms with Crippen molar-refractivity contribution in [1.82, 2.24) is 0 Å². The number of hydrogen-bond donors (Lipinski definition) is 1. The van der Waals surface area contributed by atoms with Crippen molar-refractivity contribution in [1.29, 1.82) is 0 Å². The summed E-state index contributed by atoms with van der Waals surface area (Å²) in [7, 11) is 0. The lowest BCUT2D eigenvalue weighted by molar-refractivity contribution is -0.119. The van der Waals surface area contributed by atoms with Crippen LogP contribution in [0.15, 0.2) is 42.5 Å². The Morgan fingerprint density at radius 2 is 1.68 bits per heavy atom. The summed E-state index contributed by atoms with van der Waals surface area (Å²) in [4.78, 5) is 38.1. The number of carbonyl (C=O) groups excluding carboxylic acids is 3. The molecule has 2 aromatic rings. The minimum Gasteiger partial charge on any atom is -0.458 e. The third-order valence-electron chi connectivity index (χ3n) is 6.58. The molecule has 6 nitrogen and oxygen atoms in total. The number of aryl methyl sites for hydroxylation is 2. The summed E-state index contributed by atoms with van der Waals surface area (Å²) < 4.78 is 11.1. The van der Waals surface area contributed by atoms with Crippen molar-refractivity contribution in [2.75, 3.05) is 11.9 Å². The van der Waals surface area contributed by atoms with Crippen LogP contribution in [-0.4, -0.2) is 30.6 Å². The highest BCUT2D eigenvalue weighted by Gasteiger charge is 2.34. The number of nitrogens with one attached hydrogen (secondary N) is 1. The molecule has 34 heavy (non-hydrogen) atoms. The van der Waals surface area contributed by atoms with Gasteiger partial charge in [0.05, 0.1) is 11.1 Å². The van der Waals surface area contributed by atoms with Gasteiger partial charge >= 0.3 is 11.9 Å². The SMILES string of the molecule is Cc1ccc(NC(=O)COC(=O)c2ccccc2C(=O)O[C@@H]2C[C@H](C)CC[C@@H]2C(C)C)c(C)c1. The van der Waals surface area contributed by atoms with E-state index in [9.17, 15) is 14.4 Å². The first kappa shape index (κ1) is 25.5. The quantitative estimate of drug-likeness (QED) is 0.529. The molecule has 0 aromatic heterocycles. The Bertz CT molecular complexity index is 1040. The van der Waals surface area contributed by atoms with Crippen LogP contribution in [0.25, 0.3) is 0 Å². The number of benzene rings is 2. The molecule has 1 aliphatic carbocycles. The molecule has 1 fully saturated rings. The molecule has 1 N–H and O–H groups in total. The number of amides is 1. The van der Waals surface area contributed by atoms with Gasteiger partial charge in [-0.1, -0.05) is 57.0 Å². The molecule has 0 spiro atoms. The molecular weight excluding hydrogens is 430 g/mol. The number of ether oxygens (including phenoxy) is 2. The fourth-order valence-electron chi connectivity index (χ4n) is 4.64. The van der Waals surface area contributed by atoms with Crippen LogP contribution < -0.4 is 5.32 Å². The van der Waals surface area contributed by atoms with Crippen LogP contribution in [0.1, 0.15) is 71.9 Å². The highest BCUT2D eigenvalue weighted by atomic mass is 16.5. The van der Waals surface area contributed by atoms with Crippen LogP contribution in [0, 0.1) is 31.6 Å². The topological polar surface area (TPSA) is 81.7 Å². The molecule has 182 valence electrons. The Kier molecular flexibility index (Phi) is 8.48. The van der Waals surface area contributed by atoms with E-state index in [0.29, 0.717) is 23.4 Å². The number of carbonyl (C=O) groups is 3. The van der Waals surface area contributed by atoms with Gasteiger partial charge in [0.15, 0.2) is 6.61 Å². The third kappa shape index (κ3) is 6.46. The molecule has 3 rings (SSSR count). The van der Waals surface area contributed by atoms with Crippen LogP contribution in [0.4, 0.5) is 5.69 Å². The Balaban J connectivity index is 1.65. The van der Waals surface area contributed by atoms with Crippen molar-refractivity contribution in [2.45, 2.75) is 60.0 Å². The van der Waals surface area contributed by atoms with Gasteiger partial charge in [-0.2, -0.15) is 0 Å². The largest absolute Gasteiger partial charge is 0.458 e. The minimum atomic E-state index is -0.735. The average molecular weight is 466 g/mol. The third-order valence-corrected chi connectivity index (χ3v) is 6.58. The maximum atomic E-state index is 13.0. The zero-order chi connectivity index (χ0) is 24.8. The van der Waals surface area contributed by atoms with Crippen LogP contribution >= 0.6 is 0 Å². The van der Waals surface area contributed by atoms with Gasteiger partial charge in [0, 0.05) is 5.69 Å². The average Bonchev–Trinajstić information content (AvgIpc) is 2.79. The van der Waals surface area contributed by atoms with Gasteiger partial charge in [0.25, 0.3) is 5.91 Å². The molecular formula is C28H35NO5. The number of hydrogen-bond acceptors (Lipinski definition) is 5. The molecule has 0 bridgehead atoms. The van der Waals surface area contributed by atoms with E-state index in [1.165, 1.54) is 6.07 Å². The molecule has 0 heterocycles. The van der Waals surface area contributed by atoms with Crippen molar-refractivity contribution in [2.24, 2.45) is 17.8 Å². The predicted octanol–water partition coefficient (Wildman–Crippen LogP) is 5.72. The van der Waals surface area contributed by atoms with Gasteiger partial charge < -0.3 is 14.8 Å². The summed E-state index contributed by atoms with van der Waals surface area (Å²) in [5.41, 5.74) is 2.93. The van der Waals surface area contributed by atoms with Gasteiger partial charge in [-0.15, -0.1) is 0 Å². The Hall–Kier alpha value is -3.15. The van der Waals surface area contributed by atoms with Crippen molar-refractivity contribution in [3.8, 4) is 0 Å². The minimum absolute atomic E-state index is 0.0942. The zero-order valence-corrected chi connectivity index (χ0v) is 20.7. The summed E-state index contributed by atoms with van der Waals surface area (Å²) in [5.74, 6) is -0.521. The van der Waals surface area contributed by atoms with Crippen LogP contribution in [-0.2, 0) is 14.3 Å². The lowest BCUT2D eigenvalue weighted by Gasteiger charge is -2.36. The van der Waals surface area contributed by atoms with E-state index in [0.717, 1.165) is 30.4 Å². The fourth-order valence-corrected chi connectivity index (χ4v) is 4.64. The molecule has 6 heteroatoms. The summed E-state index contributed by atoms with van der Waals surface area (Å²) in [5, 5.41) is 2.75. The maximum absolute atomic E-state index is 13.0. The first-order valence-electron chi connectivity index (χ1n) is 12.0. The Labute approximate surface area is 202 Å². The predicted molar refractivity (Wildman–Crippen MR) is 132 cm³/mol. The smallest absolute Gasteiger partial charge is 0.339 e. The number of esters is 2. The van der Waals surface area contributed by atoms with Gasteiger partial charge in [0.2, 0.25) is 0 Å². The van der Waals surface area contributed by atoms with Gasteiger partial charge in [0.1, 0.15) is 6.10 Å². The molecule has 3 atom stereocenters. The van der Waals surface area contributed by atoms with E-state index in [1.807, 2.05) is 32.0 Å². The normalized spacial score (nSPS) is 20.0. The van der Waals surface area contributed by atoms with E-state index >= 15 is 0 Å². The van der Waals surface area contributed by atoms with Crippen LogP contribution in [0.3, 0.4) is 0 Å². The highest BCUT2D eigenvalue weighted by Crippen LogP contribution is 2.35. The second-order valence-electron chi connectivity index (χ2n) is 9.76. The first-order valence-corrected chi connectivity index (χ1v) is 12.0. The number of rotatable bonds is 7. The van der Waals surface area contributed by atoms with Crippen LogP contribution in [0.5, 0.6) is 0 Å². The van der Waals surface area contributed by atoms with Gasteiger partial charge in [-0.05, 0) is 68.2 Å². The fraction of sp³-hybridized carbons (Fsp3) is 0.464. The van der Waals surface area contributed by atoms with E-state index in [2.05, 4.69) is 26.1 Å². The van der Waals surface area contributed by atoms with E-state index in [-0.39, 0.29) is 17.2 Å². The van der Waals surface area contributed by atoms with Crippen molar-refractivity contribution < 1.29 is 23.9 Å². The molecule has 2 aromatic carbocycles. The van der Waals surface area contributed by atoms with Crippen molar-refractivity contribution in [3.05, 3.63) is 64.7 Å². The summed E-state index contributed by atoms with van der Waals surface area (Å²) in [6, 6.07) is 12.1. The molecule has 1 saturated carbocycles. The van der Waals surface area contributed by atoms with Gasteiger partial charge in [-0.3, -0.25) is 4.79 Å². The molecule has 0 aliphatic heterocycles. The van der Waals surface area contributed by atoms with E-state index in [4.69, 9.17) is 9.47 Å². The molecule has 1 amide bonds. The zero-order valence-electron chi connectivity index (χ0n) is 20.7. The first-order chi connectivity index (χ1) is 16.2. The molecule has 0 unspecified atom stereocenters. The molecule has 0 radical (unpaired) electrons. The van der Waals surface area contributed by atoms with E-state index < -0.39 is 24.5 Å². The lowest BCUT2D eigenvalue weighted by atomic mass is 9.75. The second kappa shape index (κ2) is 11.3. The summed E-state index contributed by atoms with van der Waals surface area (Å²) >= 11 is 0. The maximum Gasteiger partial charge on any atom is 0.339 e. The summed E-state index contributed by atoms with van der Waals surface area (Å²) in [6.07, 6.45) is 2.80. The lowest BCUT2D eigenvalue weighted by Crippen LogP contribution is -2.36. The second-order valence-corrected chi connectivity index (χ2v) is 9.76. The van der Waals surface area contributed by atoms with Crippen molar-refractivity contribution >= 4 is 23.5 Å². The number of anilines is 1. The highest BCUT2D eigenvalue weighted by molar-refractivity contribution is 6.04. The Morgan fingerprint density at radius 1 is 1.00 bits per heavy atom. The van der Waals surface area contributed by atoms with Gasteiger partial charge in [-0.25, -0.2) is 9.59 Å². The van der Waals surface area contributed by atoms with Crippen LogP contribution in [0.2, 0.25) is 0 Å².